The molecule has 2 heterocycles. The normalized spacial score (nSPS) is 19.5. The van der Waals surface area contributed by atoms with E-state index >= 15 is 0 Å². The Morgan fingerprint density at radius 3 is 3.23 bits per heavy atom. The van der Waals surface area contributed by atoms with Gasteiger partial charge in [0.2, 0.25) is 0 Å². The standard InChI is InChI=1S/C16H20FN3OS/c1-21-10-16-19-14(11-22-16)9-20-6-5-18-8-15(20)12-3-2-4-13(17)7-12/h2-4,7,11,15,18H,5-6,8-10H2,1H3. The van der Waals surface area contributed by atoms with Gasteiger partial charge in [-0.1, -0.05) is 12.1 Å². The molecule has 2 aromatic rings. The summed E-state index contributed by atoms with van der Waals surface area (Å²) in [6, 6.07) is 7.06. The molecule has 3 rings (SSSR count). The molecule has 0 spiro atoms. The average Bonchev–Trinajstić information content (AvgIpc) is 2.95. The van der Waals surface area contributed by atoms with Gasteiger partial charge in [0.15, 0.2) is 0 Å². The van der Waals surface area contributed by atoms with Crippen molar-refractivity contribution >= 4 is 11.3 Å². The summed E-state index contributed by atoms with van der Waals surface area (Å²) >= 11 is 1.62. The van der Waals surface area contributed by atoms with E-state index in [4.69, 9.17) is 4.74 Å². The Balaban J connectivity index is 1.74. The van der Waals surface area contributed by atoms with E-state index in [1.165, 1.54) is 6.07 Å². The number of hydrogen-bond donors (Lipinski definition) is 1. The van der Waals surface area contributed by atoms with Gasteiger partial charge in [-0.25, -0.2) is 9.37 Å². The zero-order chi connectivity index (χ0) is 15.4. The third-order valence-corrected chi connectivity index (χ3v) is 4.69. The van der Waals surface area contributed by atoms with Crippen molar-refractivity contribution in [3.8, 4) is 0 Å². The second kappa shape index (κ2) is 7.28. The highest BCUT2D eigenvalue weighted by Gasteiger charge is 2.24. The first-order chi connectivity index (χ1) is 10.8. The van der Waals surface area contributed by atoms with E-state index in [0.717, 1.165) is 42.4 Å². The Labute approximate surface area is 133 Å². The number of nitrogens with one attached hydrogen (secondary N) is 1. The van der Waals surface area contributed by atoms with Gasteiger partial charge in [-0.05, 0) is 17.7 Å². The molecule has 1 aliphatic heterocycles. The second-order valence-corrected chi connectivity index (χ2v) is 6.35. The number of nitrogens with zero attached hydrogens (tertiary/aromatic N) is 2. The molecule has 4 nitrogen and oxygen atoms in total. The fourth-order valence-electron chi connectivity index (χ4n) is 2.80. The summed E-state index contributed by atoms with van der Waals surface area (Å²) in [5, 5.41) is 6.47. The molecular weight excluding hydrogens is 301 g/mol. The maximum Gasteiger partial charge on any atom is 0.123 e. The molecule has 1 aliphatic rings. The lowest BCUT2D eigenvalue weighted by Crippen LogP contribution is -2.45. The van der Waals surface area contributed by atoms with Crippen LogP contribution in [-0.4, -0.2) is 36.6 Å². The van der Waals surface area contributed by atoms with Crippen LogP contribution < -0.4 is 5.32 Å². The summed E-state index contributed by atoms with van der Waals surface area (Å²) < 4.78 is 18.6. The molecule has 1 aromatic carbocycles. The number of thiazole rings is 1. The van der Waals surface area contributed by atoms with E-state index in [9.17, 15) is 4.39 Å². The minimum atomic E-state index is -0.181. The van der Waals surface area contributed by atoms with Crippen molar-refractivity contribution in [1.29, 1.82) is 0 Å². The Bertz CT molecular complexity index is 619. The molecule has 1 saturated heterocycles. The second-order valence-electron chi connectivity index (χ2n) is 5.41. The summed E-state index contributed by atoms with van der Waals surface area (Å²) in [6.45, 7) is 4.04. The predicted octanol–water partition coefficient (Wildman–Crippen LogP) is 2.58. The van der Waals surface area contributed by atoms with Gasteiger partial charge in [-0.3, -0.25) is 4.90 Å². The molecule has 22 heavy (non-hydrogen) atoms. The lowest BCUT2D eigenvalue weighted by Gasteiger charge is -2.36. The number of piperazine rings is 1. The smallest absolute Gasteiger partial charge is 0.123 e. The number of hydrogen-bond acceptors (Lipinski definition) is 5. The molecule has 1 fully saturated rings. The largest absolute Gasteiger partial charge is 0.378 e. The maximum absolute atomic E-state index is 13.5. The van der Waals surface area contributed by atoms with Crippen LogP contribution in [0.4, 0.5) is 4.39 Å². The fraction of sp³-hybridized carbons (Fsp3) is 0.438. The Morgan fingerprint density at radius 1 is 1.50 bits per heavy atom. The molecule has 118 valence electrons. The van der Waals surface area contributed by atoms with Crippen molar-refractivity contribution in [1.82, 2.24) is 15.2 Å². The molecule has 1 atom stereocenters. The van der Waals surface area contributed by atoms with Crippen molar-refractivity contribution < 1.29 is 9.13 Å². The number of rotatable bonds is 5. The SMILES string of the molecule is COCc1nc(CN2CCNCC2c2cccc(F)c2)cs1. The topological polar surface area (TPSA) is 37.4 Å². The summed E-state index contributed by atoms with van der Waals surface area (Å²) in [4.78, 5) is 6.96. The number of aromatic nitrogens is 1. The van der Waals surface area contributed by atoms with Crippen LogP contribution in [0, 0.1) is 5.82 Å². The summed E-state index contributed by atoms with van der Waals surface area (Å²) in [7, 11) is 1.68. The van der Waals surface area contributed by atoms with Crippen LogP contribution in [0.25, 0.3) is 0 Å². The van der Waals surface area contributed by atoms with Gasteiger partial charge in [0.25, 0.3) is 0 Å². The van der Waals surface area contributed by atoms with Gasteiger partial charge < -0.3 is 10.1 Å². The molecule has 0 bridgehead atoms. The van der Waals surface area contributed by atoms with Crippen molar-refractivity contribution in [3.63, 3.8) is 0 Å². The molecule has 1 N–H and O–H groups in total. The molecule has 1 aromatic heterocycles. The highest BCUT2D eigenvalue weighted by molar-refractivity contribution is 7.09. The Morgan fingerprint density at radius 2 is 2.41 bits per heavy atom. The third kappa shape index (κ3) is 3.70. The molecule has 0 radical (unpaired) electrons. The van der Waals surface area contributed by atoms with E-state index in [2.05, 4.69) is 20.6 Å². The quantitative estimate of drug-likeness (QED) is 0.918. The molecule has 0 amide bonds. The van der Waals surface area contributed by atoms with Gasteiger partial charge in [0, 0.05) is 44.7 Å². The lowest BCUT2D eigenvalue weighted by molar-refractivity contribution is 0.151. The Kier molecular flexibility index (Phi) is 5.15. The monoisotopic (exact) mass is 321 g/mol. The van der Waals surface area contributed by atoms with Crippen LogP contribution in [0.5, 0.6) is 0 Å². The summed E-state index contributed by atoms with van der Waals surface area (Å²) in [5.41, 5.74) is 2.07. The van der Waals surface area contributed by atoms with Crippen LogP contribution >= 0.6 is 11.3 Å². The van der Waals surface area contributed by atoms with Crippen molar-refractivity contribution in [2.24, 2.45) is 0 Å². The van der Waals surface area contributed by atoms with E-state index < -0.39 is 0 Å². The van der Waals surface area contributed by atoms with Gasteiger partial charge in [0.1, 0.15) is 10.8 Å². The van der Waals surface area contributed by atoms with E-state index in [0.29, 0.717) is 6.61 Å². The van der Waals surface area contributed by atoms with Gasteiger partial charge in [-0.2, -0.15) is 0 Å². The molecule has 6 heteroatoms. The molecule has 0 aliphatic carbocycles. The van der Waals surface area contributed by atoms with Crippen molar-refractivity contribution in [2.45, 2.75) is 19.2 Å². The van der Waals surface area contributed by atoms with E-state index in [1.54, 1.807) is 30.6 Å². The van der Waals surface area contributed by atoms with Crippen molar-refractivity contribution in [2.75, 3.05) is 26.7 Å². The molecular formula is C16H20FN3OS. The molecule has 0 saturated carbocycles. The van der Waals surface area contributed by atoms with Crippen LogP contribution in [0.2, 0.25) is 0 Å². The number of benzene rings is 1. The highest BCUT2D eigenvalue weighted by Crippen LogP contribution is 2.25. The zero-order valence-corrected chi connectivity index (χ0v) is 13.4. The van der Waals surface area contributed by atoms with Crippen LogP contribution in [0.1, 0.15) is 22.3 Å². The zero-order valence-electron chi connectivity index (χ0n) is 12.6. The lowest BCUT2D eigenvalue weighted by atomic mass is 10.0. The third-order valence-electron chi connectivity index (χ3n) is 3.82. The number of halogens is 1. The highest BCUT2D eigenvalue weighted by atomic mass is 32.1. The first kappa shape index (κ1) is 15.6. The minimum absolute atomic E-state index is 0.178. The summed E-state index contributed by atoms with van der Waals surface area (Å²) in [5.74, 6) is -0.181. The molecule has 1 unspecified atom stereocenters. The van der Waals surface area contributed by atoms with Crippen LogP contribution in [0.15, 0.2) is 29.6 Å². The Hall–Kier alpha value is -1.34. The van der Waals surface area contributed by atoms with Gasteiger partial charge in [-0.15, -0.1) is 11.3 Å². The first-order valence-corrected chi connectivity index (χ1v) is 8.26. The van der Waals surface area contributed by atoms with Crippen molar-refractivity contribution in [3.05, 3.63) is 51.7 Å². The van der Waals surface area contributed by atoms with E-state index in [1.807, 2.05) is 6.07 Å². The number of ether oxygens (including phenoxy) is 1. The predicted molar refractivity (Wildman–Crippen MR) is 85.2 cm³/mol. The van der Waals surface area contributed by atoms with Gasteiger partial charge in [0.05, 0.1) is 12.3 Å². The van der Waals surface area contributed by atoms with Gasteiger partial charge >= 0.3 is 0 Å². The van der Waals surface area contributed by atoms with E-state index in [-0.39, 0.29) is 11.9 Å². The van der Waals surface area contributed by atoms with Crippen LogP contribution in [0.3, 0.4) is 0 Å². The minimum Gasteiger partial charge on any atom is -0.378 e. The first-order valence-electron chi connectivity index (χ1n) is 7.38. The summed E-state index contributed by atoms with van der Waals surface area (Å²) in [6.07, 6.45) is 0. The van der Waals surface area contributed by atoms with Crippen LogP contribution in [-0.2, 0) is 17.9 Å². The maximum atomic E-state index is 13.5. The number of methoxy groups -OCH3 is 1. The average molecular weight is 321 g/mol. The fourth-order valence-corrected chi connectivity index (χ4v) is 3.55.